The van der Waals surface area contributed by atoms with Crippen molar-refractivity contribution in [3.8, 4) is 33.4 Å². The fraction of sp³-hybridized carbons (Fsp3) is 0.0714. The smallest absolute Gasteiger partial charge is 0.134 e. The van der Waals surface area contributed by atoms with Gasteiger partial charge in [0.05, 0.1) is 0 Å². The van der Waals surface area contributed by atoms with Gasteiger partial charge in [-0.1, -0.05) is 158 Å². The largest absolute Gasteiger partial charge is 0.460 e. The van der Waals surface area contributed by atoms with E-state index in [4.69, 9.17) is 4.42 Å². The van der Waals surface area contributed by atoms with E-state index < -0.39 is 0 Å². The molecule has 276 valence electrons. The summed E-state index contributed by atoms with van der Waals surface area (Å²) in [6.45, 7) is 0. The highest BCUT2D eigenvalue weighted by atomic mass is 16.3. The molecule has 0 spiro atoms. The molecule has 0 saturated carbocycles. The van der Waals surface area contributed by atoms with Crippen molar-refractivity contribution in [2.24, 2.45) is 0 Å². The maximum Gasteiger partial charge on any atom is 0.134 e. The van der Waals surface area contributed by atoms with Crippen molar-refractivity contribution >= 4 is 44.4 Å². The van der Waals surface area contributed by atoms with Crippen molar-refractivity contribution < 1.29 is 4.42 Å². The molecule has 9 aromatic rings. The van der Waals surface area contributed by atoms with Gasteiger partial charge in [-0.3, -0.25) is 0 Å². The van der Waals surface area contributed by atoms with E-state index in [-0.39, 0.29) is 0 Å². The number of rotatable bonds is 7. The highest BCUT2D eigenvalue weighted by molar-refractivity contribution is 5.98. The van der Waals surface area contributed by atoms with Gasteiger partial charge in [0.2, 0.25) is 0 Å². The summed E-state index contributed by atoms with van der Waals surface area (Å²) in [4.78, 5) is 2.38. The summed E-state index contributed by atoms with van der Waals surface area (Å²) in [6.07, 6.45) is 9.81. The van der Waals surface area contributed by atoms with Gasteiger partial charge in [0, 0.05) is 40.4 Å². The average molecular weight is 744 g/mol. The summed E-state index contributed by atoms with van der Waals surface area (Å²) in [7, 11) is 0. The zero-order valence-electron chi connectivity index (χ0n) is 32.2. The maximum absolute atomic E-state index is 6.26. The van der Waals surface area contributed by atoms with Crippen molar-refractivity contribution in [1.82, 2.24) is 0 Å². The molecule has 1 atom stereocenters. The summed E-state index contributed by atoms with van der Waals surface area (Å²) >= 11 is 0. The zero-order valence-corrected chi connectivity index (χ0v) is 32.2. The minimum Gasteiger partial charge on any atom is -0.460 e. The first kappa shape index (κ1) is 34.1. The summed E-state index contributed by atoms with van der Waals surface area (Å²) in [5.41, 5.74) is 17.2. The SMILES string of the molecule is C1=CC(c2ccc(N(c3ccc(-c4ccc5ccccc5c4)cc3)c3cccc(-c4ccccc4)c3)cc2)CC(c2ccc3c(c2)CCc2oc4ccccc4c2-3)=C1. The van der Waals surface area contributed by atoms with Crippen LogP contribution in [0.15, 0.2) is 211 Å². The second-order valence-electron chi connectivity index (χ2n) is 15.6. The molecule has 11 rings (SSSR count). The second-order valence-corrected chi connectivity index (χ2v) is 15.6. The van der Waals surface area contributed by atoms with Gasteiger partial charge >= 0.3 is 0 Å². The molecule has 1 heterocycles. The van der Waals surface area contributed by atoms with Crippen LogP contribution in [0.25, 0.3) is 60.7 Å². The van der Waals surface area contributed by atoms with Gasteiger partial charge in [-0.05, 0) is 122 Å². The van der Waals surface area contributed by atoms with Crippen molar-refractivity contribution in [2.75, 3.05) is 4.90 Å². The van der Waals surface area contributed by atoms with Crippen LogP contribution in [0.4, 0.5) is 17.1 Å². The van der Waals surface area contributed by atoms with Crippen LogP contribution in [0.3, 0.4) is 0 Å². The van der Waals surface area contributed by atoms with Crippen LogP contribution in [-0.4, -0.2) is 0 Å². The number of hydrogen-bond acceptors (Lipinski definition) is 2. The summed E-state index contributed by atoms with van der Waals surface area (Å²) in [5.74, 6) is 1.41. The lowest BCUT2D eigenvalue weighted by molar-refractivity contribution is 0.546. The Bertz CT molecular complexity index is 3020. The predicted molar refractivity (Wildman–Crippen MR) is 243 cm³/mol. The minimum absolute atomic E-state index is 0.297. The molecular weight excluding hydrogens is 703 g/mol. The molecule has 0 amide bonds. The monoisotopic (exact) mass is 743 g/mol. The Kier molecular flexibility index (Phi) is 8.47. The number of furan rings is 1. The Morgan fingerprint density at radius 3 is 2.03 bits per heavy atom. The van der Waals surface area contributed by atoms with E-state index in [0.717, 1.165) is 47.7 Å². The fourth-order valence-corrected chi connectivity index (χ4v) is 9.13. The molecule has 1 aromatic heterocycles. The van der Waals surface area contributed by atoms with Crippen LogP contribution in [0.1, 0.15) is 34.8 Å². The highest BCUT2D eigenvalue weighted by Gasteiger charge is 2.24. The van der Waals surface area contributed by atoms with E-state index in [9.17, 15) is 0 Å². The quantitative estimate of drug-likeness (QED) is 0.162. The average Bonchev–Trinajstić information content (AvgIpc) is 3.69. The molecule has 0 saturated heterocycles. The number of aryl methyl sites for hydroxylation is 2. The Morgan fingerprint density at radius 1 is 0.483 bits per heavy atom. The molecule has 1 unspecified atom stereocenters. The molecule has 2 aliphatic carbocycles. The number of allylic oxidation sites excluding steroid dienone is 4. The third-order valence-electron chi connectivity index (χ3n) is 12.1. The Balaban J connectivity index is 0.891. The standard InChI is InChI=1S/C56H41NO/c1-2-10-38(11-3-1)45-16-9-17-51(37-45)57(50-30-24-41(25-31-50)46-21-20-39-12-4-5-13-42(39)35-46)49-28-22-40(23-29-49)43-14-8-15-44(34-43)47-26-32-52-48(36-47)27-33-55-56(52)53-18-6-7-19-54(53)58-55/h1-26,28-32,35-37,43H,27,33-34H2. The van der Waals surface area contributed by atoms with E-state index >= 15 is 0 Å². The van der Waals surface area contributed by atoms with Crippen molar-refractivity contribution in [3.63, 3.8) is 0 Å². The molecule has 2 aliphatic rings. The molecule has 0 N–H and O–H groups in total. The lowest BCUT2D eigenvalue weighted by Gasteiger charge is -2.27. The zero-order chi connectivity index (χ0) is 38.4. The Morgan fingerprint density at radius 2 is 1.17 bits per heavy atom. The van der Waals surface area contributed by atoms with Crippen molar-refractivity contribution in [3.05, 3.63) is 229 Å². The molecule has 58 heavy (non-hydrogen) atoms. The van der Waals surface area contributed by atoms with E-state index in [1.165, 1.54) is 71.8 Å². The molecule has 2 heteroatoms. The first-order chi connectivity index (χ1) is 28.7. The number of nitrogens with zero attached hydrogens (tertiary/aromatic N) is 1. The molecule has 0 fully saturated rings. The lowest BCUT2D eigenvalue weighted by atomic mass is 9.82. The van der Waals surface area contributed by atoms with Gasteiger partial charge in [-0.15, -0.1) is 0 Å². The van der Waals surface area contributed by atoms with Crippen molar-refractivity contribution in [2.45, 2.75) is 25.2 Å². The van der Waals surface area contributed by atoms with Crippen LogP contribution in [0.5, 0.6) is 0 Å². The maximum atomic E-state index is 6.26. The van der Waals surface area contributed by atoms with Gasteiger partial charge in [0.15, 0.2) is 0 Å². The molecule has 2 nitrogen and oxygen atoms in total. The predicted octanol–water partition coefficient (Wildman–Crippen LogP) is 15.3. The van der Waals surface area contributed by atoms with Gasteiger partial charge in [0.25, 0.3) is 0 Å². The normalized spacial score (nSPS) is 14.6. The Labute approximate surface area is 339 Å². The van der Waals surface area contributed by atoms with Crippen LogP contribution >= 0.6 is 0 Å². The Hall–Kier alpha value is -7.16. The molecule has 0 aliphatic heterocycles. The minimum atomic E-state index is 0.297. The molecule has 0 bridgehead atoms. The van der Waals surface area contributed by atoms with E-state index in [2.05, 4.69) is 211 Å². The van der Waals surface area contributed by atoms with Crippen molar-refractivity contribution in [1.29, 1.82) is 0 Å². The lowest BCUT2D eigenvalue weighted by Crippen LogP contribution is -2.10. The number of para-hydroxylation sites is 1. The van der Waals surface area contributed by atoms with Crippen LogP contribution < -0.4 is 4.90 Å². The second kappa shape index (κ2) is 14.4. The summed E-state index contributed by atoms with van der Waals surface area (Å²) in [6, 6.07) is 68.5. The van der Waals surface area contributed by atoms with Crippen LogP contribution in [0, 0.1) is 0 Å². The van der Waals surface area contributed by atoms with E-state index in [1.54, 1.807) is 0 Å². The van der Waals surface area contributed by atoms with Gasteiger partial charge < -0.3 is 9.32 Å². The van der Waals surface area contributed by atoms with Gasteiger partial charge in [-0.2, -0.15) is 0 Å². The summed E-state index contributed by atoms with van der Waals surface area (Å²) < 4.78 is 6.26. The van der Waals surface area contributed by atoms with Gasteiger partial charge in [-0.25, -0.2) is 0 Å². The third-order valence-corrected chi connectivity index (χ3v) is 12.1. The fourth-order valence-electron chi connectivity index (χ4n) is 9.13. The molecule has 0 radical (unpaired) electrons. The number of hydrogen-bond donors (Lipinski definition) is 0. The van der Waals surface area contributed by atoms with E-state index in [0.29, 0.717) is 5.92 Å². The highest BCUT2D eigenvalue weighted by Crippen LogP contribution is 2.44. The van der Waals surface area contributed by atoms with Crippen LogP contribution in [-0.2, 0) is 12.8 Å². The summed E-state index contributed by atoms with van der Waals surface area (Å²) in [5, 5.41) is 3.73. The molecule has 8 aromatic carbocycles. The van der Waals surface area contributed by atoms with Crippen LogP contribution in [0.2, 0.25) is 0 Å². The topological polar surface area (TPSA) is 16.4 Å². The number of anilines is 3. The number of fused-ring (bicyclic) bond motifs is 6. The van der Waals surface area contributed by atoms with Gasteiger partial charge in [0.1, 0.15) is 11.3 Å². The molecular formula is C56H41NO. The first-order valence-electron chi connectivity index (χ1n) is 20.4. The first-order valence-corrected chi connectivity index (χ1v) is 20.4. The number of benzene rings is 8. The third kappa shape index (κ3) is 6.24. The van der Waals surface area contributed by atoms with E-state index in [1.807, 2.05) is 0 Å².